The van der Waals surface area contributed by atoms with Crippen molar-refractivity contribution in [2.75, 3.05) is 12.3 Å². The van der Waals surface area contributed by atoms with Crippen LogP contribution in [0.5, 0.6) is 0 Å². The fourth-order valence-corrected chi connectivity index (χ4v) is 2.34. The zero-order valence-electron chi connectivity index (χ0n) is 12.1. The molecule has 0 aromatic carbocycles. The van der Waals surface area contributed by atoms with Crippen molar-refractivity contribution in [3.8, 4) is 0 Å². The lowest BCUT2D eigenvalue weighted by molar-refractivity contribution is -0.0432. The van der Waals surface area contributed by atoms with Crippen LogP contribution in [0.15, 0.2) is 6.33 Å². The largest absolute Gasteiger partial charge is 0.397 e. The second kappa shape index (κ2) is 7.25. The van der Waals surface area contributed by atoms with Gasteiger partial charge in [-0.2, -0.15) is 9.97 Å². The van der Waals surface area contributed by atoms with Crippen LogP contribution in [0.25, 0.3) is 11.2 Å². The molecule has 2 aromatic rings. The molecule has 0 radical (unpaired) electrons. The van der Waals surface area contributed by atoms with E-state index in [-0.39, 0.29) is 17.7 Å². The minimum Gasteiger partial charge on any atom is -0.394 e. The number of imidazole rings is 1. The lowest BCUT2D eigenvalue weighted by Gasteiger charge is -2.13. The molecule has 14 heteroatoms. The van der Waals surface area contributed by atoms with Crippen LogP contribution in [-0.2, 0) is 9.30 Å². The van der Waals surface area contributed by atoms with Crippen molar-refractivity contribution >= 4 is 36.3 Å². The van der Waals surface area contributed by atoms with E-state index in [4.69, 9.17) is 41.5 Å². The maximum atomic E-state index is 9.74. The second-order valence-electron chi connectivity index (χ2n) is 4.91. The predicted molar refractivity (Wildman–Crippen MR) is 82.6 cm³/mol. The molecule has 0 bridgehead atoms. The van der Waals surface area contributed by atoms with Crippen molar-refractivity contribution in [3.05, 3.63) is 11.6 Å². The summed E-state index contributed by atoms with van der Waals surface area (Å²) in [6, 6.07) is 0. The van der Waals surface area contributed by atoms with Gasteiger partial charge in [-0.3, -0.25) is 4.57 Å². The van der Waals surface area contributed by atoms with Crippen LogP contribution >= 0.6 is 19.3 Å². The lowest BCUT2D eigenvalue weighted by Crippen LogP contribution is -2.24. The number of aliphatic hydroxyl groups is 2. The van der Waals surface area contributed by atoms with E-state index in [1.165, 1.54) is 6.33 Å². The molecule has 0 saturated carbocycles. The van der Waals surface area contributed by atoms with Crippen molar-refractivity contribution in [2.24, 2.45) is 5.50 Å². The van der Waals surface area contributed by atoms with Gasteiger partial charge in [0.05, 0.1) is 19.0 Å². The predicted octanol–water partition coefficient (Wildman–Crippen LogP) is -1.26. The molecule has 0 amide bonds. The summed E-state index contributed by atoms with van der Waals surface area (Å²) in [6.45, 7) is -0.248. The van der Waals surface area contributed by atoms with Crippen LogP contribution in [0, 0.1) is 0 Å². The Labute approximate surface area is 140 Å². The number of anilines is 1. The maximum absolute atomic E-state index is 9.74. The van der Waals surface area contributed by atoms with E-state index in [0.717, 1.165) is 0 Å². The number of fused-ring (bicyclic) bond motifs is 1. The Kier molecular flexibility index (Phi) is 5.73. The highest BCUT2D eigenvalue weighted by Crippen LogP contribution is 2.31. The molecule has 2 aromatic heterocycles. The van der Waals surface area contributed by atoms with E-state index in [0.29, 0.717) is 17.6 Å². The van der Waals surface area contributed by atoms with Gasteiger partial charge in [-0.25, -0.2) is 15.1 Å². The number of hydrogen-bond donors (Lipinski definition) is 6. The molecule has 134 valence electrons. The van der Waals surface area contributed by atoms with Crippen LogP contribution in [0.3, 0.4) is 0 Å². The molecule has 3 rings (SSSR count). The van der Waals surface area contributed by atoms with E-state index >= 15 is 0 Å². The van der Waals surface area contributed by atoms with Gasteiger partial charge < -0.3 is 30.5 Å². The highest BCUT2D eigenvalue weighted by molar-refractivity contribution is 7.49. The third kappa shape index (κ3) is 4.59. The van der Waals surface area contributed by atoms with Gasteiger partial charge in [-0.15, -0.1) is 0 Å². The van der Waals surface area contributed by atoms with E-state index in [2.05, 4.69) is 20.5 Å². The summed E-state index contributed by atoms with van der Waals surface area (Å²) in [6.07, 6.45) is 0.0169. The third-order valence-corrected chi connectivity index (χ3v) is 3.28. The summed E-state index contributed by atoms with van der Waals surface area (Å²) >= 11 is 5.77. The third-order valence-electron chi connectivity index (χ3n) is 3.12. The van der Waals surface area contributed by atoms with Crippen molar-refractivity contribution in [1.82, 2.24) is 19.5 Å². The Bertz CT molecular complexity index is 759. The Morgan fingerprint density at radius 1 is 1.46 bits per heavy atom. The van der Waals surface area contributed by atoms with Crippen LogP contribution in [0.4, 0.5) is 5.82 Å². The van der Waals surface area contributed by atoms with Crippen molar-refractivity contribution in [2.45, 2.75) is 24.9 Å². The molecular weight excluding hydrogens is 367 g/mol. The molecule has 1 fully saturated rings. The average Bonchev–Trinajstić information content (AvgIpc) is 3.00. The molecule has 1 saturated heterocycles. The van der Waals surface area contributed by atoms with E-state index in [1.807, 2.05) is 0 Å². The topological polar surface area (TPSA) is 203 Å². The first-order valence-electron chi connectivity index (χ1n) is 6.54. The number of nitrogen functional groups attached to an aromatic ring is 1. The zero-order valence-corrected chi connectivity index (χ0v) is 13.7. The zero-order chi connectivity index (χ0) is 18.1. The Morgan fingerprint density at radius 3 is 2.62 bits per heavy atom. The minimum atomic E-state index is -4.14. The SMILES string of the molecule is NP(=O)(O)O.Nc1nc(Cl)nc2c1ncn2[C@H]1C[C@H](O)[C@@H](CO)O1. The highest BCUT2D eigenvalue weighted by Gasteiger charge is 2.35. The molecule has 8 N–H and O–H groups in total. The molecule has 3 heterocycles. The molecular formula is C10H16ClN6O6P. The van der Waals surface area contributed by atoms with Gasteiger partial charge in [-0.1, -0.05) is 0 Å². The number of nitrogens with zero attached hydrogens (tertiary/aromatic N) is 4. The molecule has 0 spiro atoms. The smallest absolute Gasteiger partial charge is 0.394 e. The average molecular weight is 383 g/mol. The number of aliphatic hydroxyl groups excluding tert-OH is 2. The van der Waals surface area contributed by atoms with Crippen molar-refractivity contribution in [1.29, 1.82) is 0 Å². The van der Waals surface area contributed by atoms with Crippen LogP contribution in [0.2, 0.25) is 5.28 Å². The molecule has 0 aliphatic carbocycles. The first kappa shape index (κ1) is 19.0. The molecule has 12 nitrogen and oxygen atoms in total. The number of rotatable bonds is 2. The van der Waals surface area contributed by atoms with Gasteiger partial charge in [0, 0.05) is 6.42 Å². The molecule has 1 aliphatic rings. The van der Waals surface area contributed by atoms with Gasteiger partial charge >= 0.3 is 7.75 Å². The molecule has 3 atom stereocenters. The first-order valence-corrected chi connectivity index (χ1v) is 8.60. The summed E-state index contributed by atoms with van der Waals surface area (Å²) in [5, 5.41) is 18.8. The summed E-state index contributed by atoms with van der Waals surface area (Å²) in [5.41, 5.74) is 10.6. The standard InChI is InChI=1S/C10H12ClN5O3.H4NO3P/c11-10-14-8(12)7-9(15-10)16(3-13-7)6-1-4(18)5(2-17)19-6;1-5(2,3)4/h3-6,17-18H,1-2H2,(H2,12,14,15);(H4,1,2,3,4)/t4-,5+,6+;/m0./s1. The monoisotopic (exact) mass is 382 g/mol. The van der Waals surface area contributed by atoms with Crippen LogP contribution in [0.1, 0.15) is 12.6 Å². The Morgan fingerprint density at radius 2 is 2.08 bits per heavy atom. The van der Waals surface area contributed by atoms with Gasteiger partial charge in [0.15, 0.2) is 11.5 Å². The second-order valence-corrected chi connectivity index (χ2v) is 6.42. The van der Waals surface area contributed by atoms with Gasteiger partial charge in [0.1, 0.15) is 17.8 Å². The number of aromatic nitrogens is 4. The molecule has 24 heavy (non-hydrogen) atoms. The summed E-state index contributed by atoms with van der Waals surface area (Å²) < 4.78 is 16.3. The number of nitrogens with two attached hydrogens (primary N) is 2. The number of halogens is 1. The maximum Gasteiger partial charge on any atom is 0.397 e. The first-order chi connectivity index (χ1) is 11.1. The van der Waals surface area contributed by atoms with Crippen LogP contribution in [-0.4, -0.2) is 58.3 Å². The summed E-state index contributed by atoms with van der Waals surface area (Å²) in [4.78, 5) is 26.8. The van der Waals surface area contributed by atoms with Crippen molar-refractivity contribution < 1.29 is 29.3 Å². The fourth-order valence-electron chi connectivity index (χ4n) is 2.17. The number of hydrogen-bond acceptors (Lipinski definition) is 8. The van der Waals surface area contributed by atoms with Gasteiger partial charge in [0.2, 0.25) is 5.28 Å². The quantitative estimate of drug-likeness (QED) is 0.267. The Balaban J connectivity index is 0.000000368. The van der Waals surface area contributed by atoms with E-state index < -0.39 is 26.2 Å². The van der Waals surface area contributed by atoms with Crippen molar-refractivity contribution in [3.63, 3.8) is 0 Å². The fraction of sp³-hybridized carbons (Fsp3) is 0.500. The molecule has 0 unspecified atom stereocenters. The summed E-state index contributed by atoms with van der Waals surface area (Å²) in [5.74, 6) is 0.186. The molecule has 1 aliphatic heterocycles. The van der Waals surface area contributed by atoms with E-state index in [1.54, 1.807) is 4.57 Å². The van der Waals surface area contributed by atoms with Gasteiger partial charge in [0.25, 0.3) is 0 Å². The normalized spacial score (nSPS) is 24.0. The minimum absolute atomic E-state index is 0.0176. The van der Waals surface area contributed by atoms with Gasteiger partial charge in [-0.05, 0) is 11.6 Å². The lowest BCUT2D eigenvalue weighted by atomic mass is 10.2. The Hall–Kier alpha value is -1.37. The van der Waals surface area contributed by atoms with Crippen LogP contribution < -0.4 is 11.2 Å². The van der Waals surface area contributed by atoms with E-state index in [9.17, 15) is 5.11 Å². The highest BCUT2D eigenvalue weighted by atomic mass is 35.5. The summed E-state index contributed by atoms with van der Waals surface area (Å²) in [7, 11) is -4.14. The number of ether oxygens (including phenoxy) is 1.